The fourth-order valence-corrected chi connectivity index (χ4v) is 3.89. The van der Waals surface area contributed by atoms with Crippen molar-refractivity contribution in [3.05, 3.63) is 57.3 Å². The van der Waals surface area contributed by atoms with Crippen molar-refractivity contribution in [2.24, 2.45) is 12.0 Å². The molecule has 1 fully saturated rings. The molecule has 6 nitrogen and oxygen atoms in total. The lowest BCUT2D eigenvalue weighted by Crippen LogP contribution is -2.40. The molecule has 8 heteroatoms. The molecule has 0 aliphatic carbocycles. The maximum absolute atomic E-state index is 6.13. The van der Waals surface area contributed by atoms with Gasteiger partial charge in [-0.05, 0) is 24.1 Å². The van der Waals surface area contributed by atoms with Gasteiger partial charge in [0.1, 0.15) is 5.15 Å². The smallest absolute Gasteiger partial charge is 0.191 e. The first-order valence-electron chi connectivity index (χ1n) is 9.82. The van der Waals surface area contributed by atoms with Crippen molar-refractivity contribution in [3.8, 4) is 0 Å². The first kappa shape index (κ1) is 22.0. The van der Waals surface area contributed by atoms with Gasteiger partial charge < -0.3 is 19.9 Å². The second-order valence-corrected chi connectivity index (χ2v) is 8.11. The summed E-state index contributed by atoms with van der Waals surface area (Å²) in [7, 11) is 3.65. The van der Waals surface area contributed by atoms with Gasteiger partial charge in [-0.3, -0.25) is 9.89 Å². The van der Waals surface area contributed by atoms with Crippen molar-refractivity contribution in [2.75, 3.05) is 26.7 Å². The summed E-state index contributed by atoms with van der Waals surface area (Å²) < 4.78 is 7.49. The predicted molar refractivity (Wildman–Crippen MR) is 120 cm³/mol. The zero-order valence-electron chi connectivity index (χ0n) is 17.2. The Bertz CT molecular complexity index is 852. The van der Waals surface area contributed by atoms with Crippen LogP contribution in [-0.2, 0) is 31.4 Å². The van der Waals surface area contributed by atoms with Crippen LogP contribution in [0.2, 0.25) is 10.2 Å². The van der Waals surface area contributed by atoms with Crippen LogP contribution in [0.5, 0.6) is 0 Å². The molecule has 1 aliphatic rings. The van der Waals surface area contributed by atoms with Crippen molar-refractivity contribution in [2.45, 2.75) is 32.7 Å². The third-order valence-electron chi connectivity index (χ3n) is 5.06. The van der Waals surface area contributed by atoms with E-state index in [2.05, 4.69) is 51.7 Å². The van der Waals surface area contributed by atoms with E-state index < -0.39 is 0 Å². The molecule has 1 aromatic carbocycles. The number of guanidine groups is 1. The minimum atomic E-state index is 0.303. The number of nitrogens with one attached hydrogen (secondary N) is 2. The van der Waals surface area contributed by atoms with Gasteiger partial charge in [0.25, 0.3) is 0 Å². The van der Waals surface area contributed by atoms with Crippen molar-refractivity contribution in [1.29, 1.82) is 0 Å². The van der Waals surface area contributed by atoms with Crippen molar-refractivity contribution < 1.29 is 4.74 Å². The van der Waals surface area contributed by atoms with Crippen LogP contribution in [-0.4, -0.2) is 48.3 Å². The van der Waals surface area contributed by atoms with Crippen LogP contribution >= 0.6 is 23.2 Å². The highest BCUT2D eigenvalue weighted by Crippen LogP contribution is 2.24. The average molecular weight is 438 g/mol. The standard InChI is InChI=1S/C21H29Cl2N5O/c1-15-13-28(7-8-29-15)14-17-6-4-5-16(9-17)11-25-21(24-2)26-12-18-10-19(22)20(23)27(18)3/h4-6,9-10,15H,7-8,11-14H2,1-3H3,(H2,24,25,26). The van der Waals surface area contributed by atoms with E-state index in [1.54, 1.807) is 7.05 Å². The maximum atomic E-state index is 6.13. The van der Waals surface area contributed by atoms with Gasteiger partial charge in [0.15, 0.2) is 5.96 Å². The highest BCUT2D eigenvalue weighted by molar-refractivity contribution is 6.41. The van der Waals surface area contributed by atoms with Crippen molar-refractivity contribution >= 4 is 29.2 Å². The summed E-state index contributed by atoms with van der Waals surface area (Å²) in [6.45, 7) is 7.12. The number of hydrogen-bond acceptors (Lipinski definition) is 3. The number of aliphatic imine (C=N–C) groups is 1. The molecule has 0 amide bonds. The fraction of sp³-hybridized carbons (Fsp3) is 0.476. The van der Waals surface area contributed by atoms with E-state index in [9.17, 15) is 0 Å². The maximum Gasteiger partial charge on any atom is 0.191 e. The van der Waals surface area contributed by atoms with E-state index in [-0.39, 0.29) is 0 Å². The molecule has 2 aromatic rings. The molecule has 1 saturated heterocycles. The van der Waals surface area contributed by atoms with Crippen molar-refractivity contribution in [1.82, 2.24) is 20.1 Å². The second kappa shape index (κ2) is 10.3. The van der Waals surface area contributed by atoms with E-state index >= 15 is 0 Å². The van der Waals surface area contributed by atoms with Gasteiger partial charge in [-0.2, -0.15) is 0 Å². The van der Waals surface area contributed by atoms with Gasteiger partial charge in [-0.1, -0.05) is 47.5 Å². The largest absolute Gasteiger partial charge is 0.376 e. The van der Waals surface area contributed by atoms with Gasteiger partial charge >= 0.3 is 0 Å². The molecule has 29 heavy (non-hydrogen) atoms. The Morgan fingerprint density at radius 2 is 1.97 bits per heavy atom. The Morgan fingerprint density at radius 1 is 1.21 bits per heavy atom. The molecular formula is C21H29Cl2N5O. The first-order valence-corrected chi connectivity index (χ1v) is 10.6. The number of rotatable bonds is 6. The van der Waals surface area contributed by atoms with E-state index in [0.717, 1.165) is 37.9 Å². The third-order valence-corrected chi connectivity index (χ3v) is 5.90. The van der Waals surface area contributed by atoms with E-state index in [0.29, 0.717) is 29.4 Å². The Morgan fingerprint density at radius 3 is 2.66 bits per heavy atom. The quantitative estimate of drug-likeness (QED) is 0.536. The molecule has 2 N–H and O–H groups in total. The van der Waals surface area contributed by atoms with Gasteiger partial charge in [-0.25, -0.2) is 0 Å². The summed E-state index contributed by atoms with van der Waals surface area (Å²) in [4.78, 5) is 6.74. The second-order valence-electron chi connectivity index (χ2n) is 7.35. The zero-order chi connectivity index (χ0) is 20.8. The number of nitrogens with zero attached hydrogens (tertiary/aromatic N) is 3. The molecule has 1 atom stereocenters. The molecule has 1 aromatic heterocycles. The summed E-state index contributed by atoms with van der Waals surface area (Å²) in [6, 6.07) is 10.5. The predicted octanol–water partition coefficient (Wildman–Crippen LogP) is 3.42. The van der Waals surface area contributed by atoms with Crippen LogP contribution in [0.25, 0.3) is 0 Å². The van der Waals surface area contributed by atoms with Gasteiger partial charge in [0, 0.05) is 46.0 Å². The summed E-state index contributed by atoms with van der Waals surface area (Å²) in [5.41, 5.74) is 3.52. The Labute approximate surface area is 182 Å². The van der Waals surface area contributed by atoms with E-state index in [4.69, 9.17) is 27.9 Å². The summed E-state index contributed by atoms with van der Waals surface area (Å²) in [6.07, 6.45) is 0.303. The van der Waals surface area contributed by atoms with Gasteiger partial charge in [-0.15, -0.1) is 0 Å². The lowest BCUT2D eigenvalue weighted by atomic mass is 10.1. The lowest BCUT2D eigenvalue weighted by Gasteiger charge is -2.31. The Balaban J connectivity index is 1.52. The number of aromatic nitrogens is 1. The molecule has 158 valence electrons. The Kier molecular flexibility index (Phi) is 7.84. The topological polar surface area (TPSA) is 53.8 Å². The number of morpholine rings is 1. The van der Waals surface area contributed by atoms with Crippen LogP contribution in [0.3, 0.4) is 0 Å². The van der Waals surface area contributed by atoms with E-state index in [1.165, 1.54) is 11.1 Å². The summed E-state index contributed by atoms with van der Waals surface area (Å²) >= 11 is 12.2. The number of benzene rings is 1. The minimum Gasteiger partial charge on any atom is -0.376 e. The minimum absolute atomic E-state index is 0.303. The Hall–Kier alpha value is -1.73. The molecule has 3 rings (SSSR count). The van der Waals surface area contributed by atoms with Gasteiger partial charge in [0.05, 0.1) is 24.3 Å². The molecular weight excluding hydrogens is 409 g/mol. The van der Waals surface area contributed by atoms with Crippen LogP contribution in [0.1, 0.15) is 23.7 Å². The molecule has 1 unspecified atom stereocenters. The summed E-state index contributed by atoms with van der Waals surface area (Å²) in [5, 5.41) is 7.76. The average Bonchev–Trinajstić information content (AvgIpc) is 2.95. The van der Waals surface area contributed by atoms with Crippen LogP contribution < -0.4 is 10.6 Å². The molecule has 0 bridgehead atoms. The van der Waals surface area contributed by atoms with Crippen LogP contribution in [0.4, 0.5) is 0 Å². The van der Waals surface area contributed by atoms with Gasteiger partial charge in [0.2, 0.25) is 0 Å². The lowest BCUT2D eigenvalue weighted by molar-refractivity contribution is -0.0212. The van der Waals surface area contributed by atoms with Crippen LogP contribution in [0, 0.1) is 0 Å². The monoisotopic (exact) mass is 437 g/mol. The van der Waals surface area contributed by atoms with E-state index in [1.807, 2.05) is 17.7 Å². The van der Waals surface area contributed by atoms with Crippen molar-refractivity contribution in [3.63, 3.8) is 0 Å². The number of halogens is 2. The highest BCUT2D eigenvalue weighted by Gasteiger charge is 2.16. The molecule has 0 spiro atoms. The van der Waals surface area contributed by atoms with Crippen LogP contribution in [0.15, 0.2) is 35.3 Å². The SMILES string of the molecule is CN=C(NCc1cccc(CN2CCOC(C)C2)c1)NCc1cc(Cl)c(Cl)n1C. The molecule has 2 heterocycles. The number of ether oxygens (including phenoxy) is 1. The molecule has 0 saturated carbocycles. The summed E-state index contributed by atoms with van der Waals surface area (Å²) in [5.74, 6) is 0.728. The normalized spacial score (nSPS) is 18.1. The first-order chi connectivity index (χ1) is 14.0. The zero-order valence-corrected chi connectivity index (χ0v) is 18.7. The highest BCUT2D eigenvalue weighted by atomic mass is 35.5. The molecule has 0 radical (unpaired) electrons. The molecule has 1 aliphatic heterocycles. The fourth-order valence-electron chi connectivity index (χ4n) is 3.47. The third kappa shape index (κ3) is 6.12. The number of hydrogen-bond donors (Lipinski definition) is 2.